The summed E-state index contributed by atoms with van der Waals surface area (Å²) in [4.78, 5) is 0. The van der Waals surface area contributed by atoms with Crippen molar-refractivity contribution in [2.24, 2.45) is 5.92 Å². The maximum atomic E-state index is 13.9. The van der Waals surface area contributed by atoms with Gasteiger partial charge in [0.1, 0.15) is 0 Å². The zero-order valence-electron chi connectivity index (χ0n) is 11.7. The van der Waals surface area contributed by atoms with E-state index in [1.165, 1.54) is 0 Å². The van der Waals surface area contributed by atoms with Gasteiger partial charge in [-0.2, -0.15) is 0 Å². The van der Waals surface area contributed by atoms with Gasteiger partial charge < -0.3 is 4.57 Å². The first-order valence-electron chi connectivity index (χ1n) is 6.98. The molecule has 0 saturated heterocycles. The van der Waals surface area contributed by atoms with Gasteiger partial charge in [0.05, 0.1) is 0 Å². The van der Waals surface area contributed by atoms with Crippen molar-refractivity contribution in [2.75, 3.05) is 0 Å². The predicted molar refractivity (Wildman–Crippen MR) is 90.7 cm³/mol. The molecule has 0 N–H and O–H groups in total. The van der Waals surface area contributed by atoms with Crippen LogP contribution in [0.2, 0.25) is 0 Å². The number of allylic oxidation sites excluding steroid dienone is 5. The zero-order valence-corrected chi connectivity index (χ0v) is 12.6. The average molecular weight is 292 g/mol. The van der Waals surface area contributed by atoms with Crippen LogP contribution in [0.15, 0.2) is 96.9 Å². The van der Waals surface area contributed by atoms with Crippen LogP contribution in [-0.4, -0.2) is 0 Å². The Bertz CT molecular complexity index is 686. The molecule has 2 aromatic rings. The molecule has 1 nitrogen and oxygen atoms in total. The van der Waals surface area contributed by atoms with Crippen molar-refractivity contribution in [3.8, 4) is 0 Å². The molecule has 21 heavy (non-hydrogen) atoms. The summed E-state index contributed by atoms with van der Waals surface area (Å²) in [7, 11) is -2.86. The van der Waals surface area contributed by atoms with Crippen molar-refractivity contribution < 1.29 is 4.57 Å². The van der Waals surface area contributed by atoms with E-state index in [-0.39, 0.29) is 5.92 Å². The van der Waals surface area contributed by atoms with Gasteiger partial charge in [0, 0.05) is 21.8 Å². The van der Waals surface area contributed by atoms with Gasteiger partial charge in [-0.15, -0.1) is 0 Å². The van der Waals surface area contributed by atoms with E-state index in [0.29, 0.717) is 0 Å². The summed E-state index contributed by atoms with van der Waals surface area (Å²) in [6.07, 6.45) is 8.05. The second-order valence-corrected chi connectivity index (χ2v) is 7.89. The van der Waals surface area contributed by atoms with E-state index >= 15 is 0 Å². The number of benzene rings is 2. The van der Waals surface area contributed by atoms with E-state index in [0.717, 1.165) is 15.9 Å². The fourth-order valence-corrected chi connectivity index (χ4v) is 5.36. The van der Waals surface area contributed by atoms with Gasteiger partial charge in [-0.1, -0.05) is 91.5 Å². The smallest absolute Gasteiger partial charge is 0.167 e. The summed E-state index contributed by atoms with van der Waals surface area (Å²) >= 11 is 0. The molecular formula is C19H17OP. The second-order valence-electron chi connectivity index (χ2n) is 5.07. The molecule has 0 bridgehead atoms. The lowest BCUT2D eigenvalue weighted by Crippen LogP contribution is -2.19. The predicted octanol–water partition coefficient (Wildman–Crippen LogP) is 4.26. The third kappa shape index (κ3) is 2.46. The monoisotopic (exact) mass is 292 g/mol. The largest absolute Gasteiger partial charge is 0.309 e. The summed E-state index contributed by atoms with van der Waals surface area (Å²) < 4.78 is 13.9. The molecule has 1 aliphatic rings. The molecule has 0 amide bonds. The van der Waals surface area contributed by atoms with Crippen molar-refractivity contribution in [3.05, 3.63) is 96.9 Å². The highest BCUT2D eigenvalue weighted by molar-refractivity contribution is 7.82. The summed E-state index contributed by atoms with van der Waals surface area (Å²) in [6.45, 7) is 4.20. The highest BCUT2D eigenvalue weighted by Crippen LogP contribution is 2.54. The van der Waals surface area contributed by atoms with E-state index in [2.05, 4.69) is 6.58 Å². The number of hydrogen-bond acceptors (Lipinski definition) is 1. The highest BCUT2D eigenvalue weighted by Gasteiger charge is 2.33. The van der Waals surface area contributed by atoms with Gasteiger partial charge in [-0.3, -0.25) is 0 Å². The van der Waals surface area contributed by atoms with Crippen LogP contribution >= 0.6 is 7.14 Å². The van der Waals surface area contributed by atoms with Gasteiger partial charge >= 0.3 is 0 Å². The Balaban J connectivity index is 2.16. The van der Waals surface area contributed by atoms with E-state index < -0.39 is 7.14 Å². The fraction of sp³-hybridized carbons (Fsp3) is 0.0526. The maximum absolute atomic E-state index is 13.9. The minimum atomic E-state index is -2.86. The van der Waals surface area contributed by atoms with Crippen LogP contribution in [0.5, 0.6) is 0 Å². The Hall–Kier alpha value is -2.11. The molecule has 0 radical (unpaired) electrons. The van der Waals surface area contributed by atoms with E-state index in [4.69, 9.17) is 0 Å². The third-order valence-electron chi connectivity index (χ3n) is 3.78. The quantitative estimate of drug-likeness (QED) is 0.770. The topological polar surface area (TPSA) is 17.1 Å². The van der Waals surface area contributed by atoms with E-state index in [1.54, 1.807) is 0 Å². The lowest BCUT2D eigenvalue weighted by Gasteiger charge is -2.24. The van der Waals surface area contributed by atoms with E-state index in [1.807, 2.05) is 85.0 Å². The van der Waals surface area contributed by atoms with Crippen LogP contribution < -0.4 is 10.6 Å². The molecule has 0 aromatic heterocycles. The molecule has 0 fully saturated rings. The lowest BCUT2D eigenvalue weighted by atomic mass is 10.2. The summed E-state index contributed by atoms with van der Waals surface area (Å²) in [5, 5.41) is 2.45. The zero-order chi connectivity index (χ0) is 14.7. The van der Waals surface area contributed by atoms with E-state index in [9.17, 15) is 4.57 Å². The van der Waals surface area contributed by atoms with Crippen LogP contribution in [0.3, 0.4) is 0 Å². The minimum Gasteiger partial charge on any atom is -0.309 e. The van der Waals surface area contributed by atoms with Gasteiger partial charge in [0.15, 0.2) is 7.14 Å². The Morgan fingerprint density at radius 3 is 1.67 bits per heavy atom. The molecule has 1 aliphatic carbocycles. The first-order valence-corrected chi connectivity index (χ1v) is 8.69. The Kier molecular flexibility index (Phi) is 3.77. The molecule has 0 spiro atoms. The van der Waals surface area contributed by atoms with Gasteiger partial charge in [0.25, 0.3) is 0 Å². The average Bonchev–Trinajstić information content (AvgIpc) is 3.09. The molecule has 2 aromatic carbocycles. The van der Waals surface area contributed by atoms with Crippen LogP contribution in [-0.2, 0) is 4.57 Å². The Labute approximate surface area is 125 Å². The molecular weight excluding hydrogens is 275 g/mol. The molecule has 0 saturated carbocycles. The number of rotatable bonds is 4. The van der Waals surface area contributed by atoms with Gasteiger partial charge in [0.2, 0.25) is 0 Å². The number of hydrogen-bond donors (Lipinski definition) is 0. The molecule has 2 heteroatoms. The van der Waals surface area contributed by atoms with Gasteiger partial charge in [-0.25, -0.2) is 0 Å². The molecule has 0 unspecified atom stereocenters. The van der Waals surface area contributed by atoms with Crippen molar-refractivity contribution in [3.63, 3.8) is 0 Å². The SMILES string of the molecule is C=C(C1C=CC=C1)P(=O)(c1ccccc1)c1ccccc1. The minimum absolute atomic E-state index is 0.0382. The first kappa shape index (κ1) is 13.9. The molecule has 0 atom stereocenters. The first-order chi connectivity index (χ1) is 10.2. The van der Waals surface area contributed by atoms with Crippen molar-refractivity contribution in [1.29, 1.82) is 0 Å². The molecule has 0 aliphatic heterocycles. The molecule has 104 valence electrons. The van der Waals surface area contributed by atoms with Crippen molar-refractivity contribution in [1.82, 2.24) is 0 Å². The highest BCUT2D eigenvalue weighted by atomic mass is 31.2. The Morgan fingerprint density at radius 2 is 1.24 bits per heavy atom. The van der Waals surface area contributed by atoms with Crippen LogP contribution in [0, 0.1) is 5.92 Å². The van der Waals surface area contributed by atoms with Gasteiger partial charge in [-0.05, 0) is 0 Å². The van der Waals surface area contributed by atoms with Crippen molar-refractivity contribution >= 4 is 17.8 Å². The fourth-order valence-electron chi connectivity index (χ4n) is 2.62. The van der Waals surface area contributed by atoms with Crippen LogP contribution in [0.1, 0.15) is 0 Å². The normalized spacial score (nSPS) is 14.5. The lowest BCUT2D eigenvalue weighted by molar-refractivity contribution is 0.589. The molecule has 3 rings (SSSR count). The second kappa shape index (κ2) is 5.71. The standard InChI is InChI=1S/C19H17OP/c1-16(17-10-8-9-11-17)21(20,18-12-4-2-5-13-18)19-14-6-3-7-15-19/h2-15,17H,1H2. The molecule has 0 heterocycles. The summed E-state index contributed by atoms with van der Waals surface area (Å²) in [6, 6.07) is 19.3. The summed E-state index contributed by atoms with van der Waals surface area (Å²) in [5.41, 5.74) is 0. The summed E-state index contributed by atoms with van der Waals surface area (Å²) in [5.74, 6) is 0.0382. The maximum Gasteiger partial charge on any atom is 0.167 e. The Morgan fingerprint density at radius 1 is 0.810 bits per heavy atom. The van der Waals surface area contributed by atoms with Crippen LogP contribution in [0.25, 0.3) is 0 Å². The van der Waals surface area contributed by atoms with Crippen LogP contribution in [0.4, 0.5) is 0 Å². The van der Waals surface area contributed by atoms with Crippen molar-refractivity contribution in [2.45, 2.75) is 0 Å². The third-order valence-corrected chi connectivity index (χ3v) is 6.93.